The van der Waals surface area contributed by atoms with Gasteiger partial charge in [0.15, 0.2) is 0 Å². The van der Waals surface area contributed by atoms with Crippen molar-refractivity contribution in [3.05, 3.63) is 36.0 Å². The van der Waals surface area contributed by atoms with Crippen molar-refractivity contribution in [3.63, 3.8) is 0 Å². The van der Waals surface area contributed by atoms with Gasteiger partial charge in [-0.15, -0.1) is 0 Å². The lowest BCUT2D eigenvalue weighted by Gasteiger charge is -2.03. The summed E-state index contributed by atoms with van der Waals surface area (Å²) < 4.78 is 13.3. The number of halogens is 1. The molecule has 0 atom stereocenters. The maximum atomic E-state index is 13.3. The van der Waals surface area contributed by atoms with Gasteiger partial charge in [-0.1, -0.05) is 0 Å². The quantitative estimate of drug-likeness (QED) is 0.716. The van der Waals surface area contributed by atoms with Crippen LogP contribution in [0.2, 0.25) is 0 Å². The Morgan fingerprint density at radius 3 is 2.80 bits per heavy atom. The standard InChI is InChI=1S/C10H9FN4/c1-6-5-8(15-10(12)14-6)7-3-2-4-13-9(7)11/h2-5H,1H3,(H2,12,14,15). The van der Waals surface area contributed by atoms with Gasteiger partial charge in [-0.3, -0.25) is 0 Å². The number of aryl methyl sites for hydroxylation is 1. The fourth-order valence-corrected chi connectivity index (χ4v) is 1.31. The number of anilines is 1. The van der Waals surface area contributed by atoms with Gasteiger partial charge in [0.05, 0.1) is 11.3 Å². The van der Waals surface area contributed by atoms with Gasteiger partial charge in [0, 0.05) is 11.9 Å². The third-order valence-corrected chi connectivity index (χ3v) is 1.91. The first kappa shape index (κ1) is 9.51. The molecule has 0 unspecified atom stereocenters. The van der Waals surface area contributed by atoms with Gasteiger partial charge in [0.2, 0.25) is 11.9 Å². The number of aromatic nitrogens is 3. The van der Waals surface area contributed by atoms with Crippen molar-refractivity contribution in [2.24, 2.45) is 0 Å². The Morgan fingerprint density at radius 1 is 1.33 bits per heavy atom. The van der Waals surface area contributed by atoms with Crippen molar-refractivity contribution >= 4 is 5.95 Å². The third-order valence-electron chi connectivity index (χ3n) is 1.91. The van der Waals surface area contributed by atoms with Crippen molar-refractivity contribution < 1.29 is 4.39 Å². The molecular formula is C10H9FN4. The number of nitrogens with zero attached hydrogens (tertiary/aromatic N) is 3. The van der Waals surface area contributed by atoms with E-state index in [1.165, 1.54) is 6.20 Å². The number of pyridine rings is 1. The summed E-state index contributed by atoms with van der Waals surface area (Å²) in [5, 5.41) is 0. The molecule has 0 aliphatic rings. The molecule has 2 N–H and O–H groups in total. The minimum atomic E-state index is -0.560. The second kappa shape index (κ2) is 3.61. The second-order valence-corrected chi connectivity index (χ2v) is 3.09. The first-order chi connectivity index (χ1) is 7.16. The average Bonchev–Trinajstić information content (AvgIpc) is 2.16. The number of nitrogens with two attached hydrogens (primary N) is 1. The van der Waals surface area contributed by atoms with E-state index >= 15 is 0 Å². The minimum absolute atomic E-state index is 0.133. The maximum absolute atomic E-state index is 13.3. The predicted molar refractivity (Wildman–Crippen MR) is 54.4 cm³/mol. The van der Waals surface area contributed by atoms with Crippen molar-refractivity contribution in [3.8, 4) is 11.3 Å². The van der Waals surface area contributed by atoms with E-state index < -0.39 is 5.95 Å². The Balaban J connectivity index is 2.59. The van der Waals surface area contributed by atoms with E-state index in [0.29, 0.717) is 17.0 Å². The van der Waals surface area contributed by atoms with Crippen LogP contribution in [-0.2, 0) is 0 Å². The molecule has 2 rings (SSSR count). The molecule has 0 aromatic carbocycles. The van der Waals surface area contributed by atoms with Crippen molar-refractivity contribution in [1.82, 2.24) is 15.0 Å². The zero-order chi connectivity index (χ0) is 10.8. The van der Waals surface area contributed by atoms with Crippen LogP contribution in [0.25, 0.3) is 11.3 Å². The summed E-state index contributed by atoms with van der Waals surface area (Å²) in [5.41, 5.74) is 6.95. The fraction of sp³-hybridized carbons (Fsp3) is 0.100. The molecule has 0 amide bonds. The molecule has 0 fully saturated rings. The summed E-state index contributed by atoms with van der Waals surface area (Å²) in [5.74, 6) is -0.428. The number of rotatable bonds is 1. The van der Waals surface area contributed by atoms with Crippen LogP contribution < -0.4 is 5.73 Å². The highest BCUT2D eigenvalue weighted by Gasteiger charge is 2.08. The van der Waals surface area contributed by atoms with Gasteiger partial charge in [-0.05, 0) is 25.1 Å². The summed E-state index contributed by atoms with van der Waals surface area (Å²) in [6.07, 6.45) is 1.39. The molecule has 0 aliphatic carbocycles. The zero-order valence-electron chi connectivity index (χ0n) is 8.11. The minimum Gasteiger partial charge on any atom is -0.368 e. The van der Waals surface area contributed by atoms with Crippen LogP contribution >= 0.6 is 0 Å². The summed E-state index contributed by atoms with van der Waals surface area (Å²) in [6.45, 7) is 1.77. The van der Waals surface area contributed by atoms with E-state index in [9.17, 15) is 4.39 Å². The Morgan fingerprint density at radius 2 is 2.13 bits per heavy atom. The maximum Gasteiger partial charge on any atom is 0.222 e. The van der Waals surface area contributed by atoms with Gasteiger partial charge in [-0.25, -0.2) is 15.0 Å². The van der Waals surface area contributed by atoms with Crippen LogP contribution in [0.15, 0.2) is 24.4 Å². The zero-order valence-corrected chi connectivity index (χ0v) is 8.11. The monoisotopic (exact) mass is 204 g/mol. The highest BCUT2D eigenvalue weighted by Crippen LogP contribution is 2.19. The fourth-order valence-electron chi connectivity index (χ4n) is 1.31. The van der Waals surface area contributed by atoms with Crippen LogP contribution in [0.4, 0.5) is 10.3 Å². The van der Waals surface area contributed by atoms with E-state index in [2.05, 4.69) is 15.0 Å². The van der Waals surface area contributed by atoms with Crippen LogP contribution in [0.5, 0.6) is 0 Å². The highest BCUT2D eigenvalue weighted by molar-refractivity contribution is 5.59. The topological polar surface area (TPSA) is 64.7 Å². The molecule has 15 heavy (non-hydrogen) atoms. The second-order valence-electron chi connectivity index (χ2n) is 3.09. The molecule has 5 heteroatoms. The Kier molecular flexibility index (Phi) is 2.29. The molecule has 2 aromatic heterocycles. The van der Waals surface area contributed by atoms with E-state index in [1.54, 1.807) is 25.1 Å². The van der Waals surface area contributed by atoms with Crippen LogP contribution in [0, 0.1) is 12.9 Å². The summed E-state index contributed by atoms with van der Waals surface area (Å²) >= 11 is 0. The van der Waals surface area contributed by atoms with Crippen LogP contribution in [0.3, 0.4) is 0 Å². The molecule has 4 nitrogen and oxygen atoms in total. The SMILES string of the molecule is Cc1cc(-c2cccnc2F)nc(N)n1. The molecule has 0 radical (unpaired) electrons. The molecule has 0 spiro atoms. The first-order valence-electron chi connectivity index (χ1n) is 4.39. The average molecular weight is 204 g/mol. The lowest BCUT2D eigenvalue weighted by Crippen LogP contribution is -1.99. The van der Waals surface area contributed by atoms with Gasteiger partial charge < -0.3 is 5.73 Å². The van der Waals surface area contributed by atoms with E-state index in [0.717, 1.165) is 0 Å². The van der Waals surface area contributed by atoms with Gasteiger partial charge in [0.25, 0.3) is 0 Å². The Hall–Kier alpha value is -2.04. The summed E-state index contributed by atoms with van der Waals surface area (Å²) in [7, 11) is 0. The molecule has 76 valence electrons. The lowest BCUT2D eigenvalue weighted by molar-refractivity contribution is 0.587. The molecule has 0 saturated carbocycles. The normalized spacial score (nSPS) is 10.3. The van der Waals surface area contributed by atoms with Crippen molar-refractivity contribution in [2.75, 3.05) is 5.73 Å². The van der Waals surface area contributed by atoms with Crippen molar-refractivity contribution in [1.29, 1.82) is 0 Å². The van der Waals surface area contributed by atoms with Crippen LogP contribution in [-0.4, -0.2) is 15.0 Å². The number of hydrogen-bond acceptors (Lipinski definition) is 4. The lowest BCUT2D eigenvalue weighted by atomic mass is 10.2. The third kappa shape index (κ3) is 1.90. The van der Waals surface area contributed by atoms with Crippen LogP contribution in [0.1, 0.15) is 5.69 Å². The van der Waals surface area contributed by atoms with E-state index in [1.807, 2.05) is 0 Å². The Bertz CT molecular complexity index is 478. The first-order valence-corrected chi connectivity index (χ1v) is 4.39. The highest BCUT2D eigenvalue weighted by atomic mass is 19.1. The molecule has 0 aliphatic heterocycles. The number of nitrogen functional groups attached to an aromatic ring is 1. The largest absolute Gasteiger partial charge is 0.368 e. The predicted octanol–water partition coefficient (Wildman–Crippen LogP) is 1.57. The molecule has 0 saturated heterocycles. The molecule has 2 heterocycles. The molecule has 0 bridgehead atoms. The molecular weight excluding hydrogens is 195 g/mol. The number of hydrogen-bond donors (Lipinski definition) is 1. The summed E-state index contributed by atoms with van der Waals surface area (Å²) in [4.78, 5) is 11.4. The van der Waals surface area contributed by atoms with Gasteiger partial charge in [0.1, 0.15) is 0 Å². The van der Waals surface area contributed by atoms with E-state index in [-0.39, 0.29) is 5.95 Å². The van der Waals surface area contributed by atoms with E-state index in [4.69, 9.17) is 5.73 Å². The molecule has 2 aromatic rings. The van der Waals surface area contributed by atoms with Crippen molar-refractivity contribution in [2.45, 2.75) is 6.92 Å². The summed E-state index contributed by atoms with van der Waals surface area (Å²) in [6, 6.07) is 4.91. The van der Waals surface area contributed by atoms with Gasteiger partial charge >= 0.3 is 0 Å². The van der Waals surface area contributed by atoms with Gasteiger partial charge in [-0.2, -0.15) is 4.39 Å². The Labute approximate surface area is 86.0 Å². The smallest absolute Gasteiger partial charge is 0.222 e.